The van der Waals surface area contributed by atoms with Crippen molar-refractivity contribution in [2.75, 3.05) is 17.7 Å². The second-order valence-corrected chi connectivity index (χ2v) is 4.23. The van der Waals surface area contributed by atoms with E-state index >= 15 is 0 Å². The van der Waals surface area contributed by atoms with Crippen molar-refractivity contribution in [1.29, 1.82) is 0 Å². The van der Waals surface area contributed by atoms with E-state index in [-0.39, 0.29) is 11.9 Å². The maximum absolute atomic E-state index is 12.1. The van der Waals surface area contributed by atoms with Crippen molar-refractivity contribution in [3.05, 3.63) is 29.8 Å². The van der Waals surface area contributed by atoms with E-state index in [1.807, 2.05) is 0 Å². The Kier molecular flexibility index (Phi) is 4.61. The minimum absolute atomic E-state index is 0.0230. The fourth-order valence-corrected chi connectivity index (χ4v) is 1.49. The molecule has 10 heteroatoms. The van der Waals surface area contributed by atoms with Crippen molar-refractivity contribution in [2.45, 2.75) is 12.7 Å². The first kappa shape index (κ1) is 15.8. The molecule has 0 unspecified atom stereocenters. The highest BCUT2D eigenvalue weighted by atomic mass is 19.4. The van der Waals surface area contributed by atoms with E-state index in [0.29, 0.717) is 12.2 Å². The summed E-state index contributed by atoms with van der Waals surface area (Å²) >= 11 is 0. The summed E-state index contributed by atoms with van der Waals surface area (Å²) in [6, 6.07) is 6.50. The zero-order chi connectivity index (χ0) is 16.2. The SMILES string of the molecule is NCc1ccc(Nc2nc(N)nc(OCC(F)(F)F)n2)cc1. The van der Waals surface area contributed by atoms with Crippen LogP contribution in [-0.2, 0) is 6.54 Å². The first-order valence-corrected chi connectivity index (χ1v) is 6.13. The van der Waals surface area contributed by atoms with Crippen molar-refractivity contribution in [3.63, 3.8) is 0 Å². The van der Waals surface area contributed by atoms with Crippen molar-refractivity contribution in [3.8, 4) is 6.01 Å². The van der Waals surface area contributed by atoms with Gasteiger partial charge in [0.05, 0.1) is 0 Å². The molecule has 0 amide bonds. The Morgan fingerprint density at radius 1 is 1.09 bits per heavy atom. The lowest BCUT2D eigenvalue weighted by molar-refractivity contribution is -0.154. The topological polar surface area (TPSA) is 112 Å². The van der Waals surface area contributed by atoms with Crippen LogP contribution < -0.4 is 21.5 Å². The fraction of sp³-hybridized carbons (Fsp3) is 0.250. The van der Waals surface area contributed by atoms with Gasteiger partial charge in [0.1, 0.15) is 0 Å². The highest BCUT2D eigenvalue weighted by Crippen LogP contribution is 2.19. The van der Waals surface area contributed by atoms with Gasteiger partial charge in [0.2, 0.25) is 11.9 Å². The van der Waals surface area contributed by atoms with Crippen LogP contribution in [0.2, 0.25) is 0 Å². The second-order valence-electron chi connectivity index (χ2n) is 4.23. The standard InChI is InChI=1S/C12H13F3N6O/c13-12(14,15)6-22-11-20-9(17)19-10(21-11)18-8-3-1-7(5-16)2-4-8/h1-4H,5-6,16H2,(H3,17,18,19,20,21). The van der Waals surface area contributed by atoms with Crippen LogP contribution in [0.1, 0.15) is 5.56 Å². The van der Waals surface area contributed by atoms with E-state index in [0.717, 1.165) is 5.56 Å². The average molecular weight is 314 g/mol. The van der Waals surface area contributed by atoms with E-state index in [1.165, 1.54) is 0 Å². The predicted molar refractivity (Wildman–Crippen MR) is 73.4 cm³/mol. The number of hydrogen-bond donors (Lipinski definition) is 3. The summed E-state index contributed by atoms with van der Waals surface area (Å²) < 4.78 is 40.8. The van der Waals surface area contributed by atoms with Crippen LogP contribution in [0.5, 0.6) is 6.01 Å². The molecule has 22 heavy (non-hydrogen) atoms. The third-order valence-electron chi connectivity index (χ3n) is 2.44. The minimum atomic E-state index is -4.49. The molecule has 0 spiro atoms. The maximum atomic E-state index is 12.1. The molecule has 0 saturated heterocycles. The van der Waals surface area contributed by atoms with Crippen LogP contribution >= 0.6 is 0 Å². The molecule has 2 aromatic rings. The van der Waals surface area contributed by atoms with Crippen molar-refractivity contribution >= 4 is 17.6 Å². The number of nitrogens with one attached hydrogen (secondary N) is 1. The van der Waals surface area contributed by atoms with E-state index in [2.05, 4.69) is 25.0 Å². The van der Waals surface area contributed by atoms with Gasteiger partial charge in [-0.05, 0) is 17.7 Å². The van der Waals surface area contributed by atoms with Gasteiger partial charge < -0.3 is 21.5 Å². The van der Waals surface area contributed by atoms with Crippen LogP contribution in [0.15, 0.2) is 24.3 Å². The van der Waals surface area contributed by atoms with Crippen molar-refractivity contribution < 1.29 is 17.9 Å². The number of nitrogens with two attached hydrogens (primary N) is 2. The van der Waals surface area contributed by atoms with Gasteiger partial charge in [0.25, 0.3) is 0 Å². The third-order valence-corrected chi connectivity index (χ3v) is 2.44. The van der Waals surface area contributed by atoms with Gasteiger partial charge in [-0.1, -0.05) is 12.1 Å². The highest BCUT2D eigenvalue weighted by molar-refractivity contribution is 5.54. The molecule has 0 fully saturated rings. The third kappa shape index (κ3) is 4.74. The second kappa shape index (κ2) is 6.43. The van der Waals surface area contributed by atoms with Crippen LogP contribution in [-0.4, -0.2) is 27.7 Å². The Bertz CT molecular complexity index is 632. The summed E-state index contributed by atoms with van der Waals surface area (Å²) in [6.45, 7) is -1.12. The summed E-state index contributed by atoms with van der Waals surface area (Å²) in [6.07, 6.45) is -4.49. The number of ether oxygens (including phenoxy) is 1. The van der Waals surface area contributed by atoms with E-state index < -0.39 is 18.8 Å². The van der Waals surface area contributed by atoms with E-state index in [4.69, 9.17) is 11.5 Å². The first-order chi connectivity index (χ1) is 10.4. The smallest absolute Gasteiger partial charge is 0.422 e. The number of benzene rings is 1. The van der Waals surface area contributed by atoms with Crippen molar-refractivity contribution in [2.24, 2.45) is 5.73 Å². The summed E-state index contributed by atoms with van der Waals surface area (Å²) in [5.41, 5.74) is 12.4. The number of alkyl halides is 3. The monoisotopic (exact) mass is 314 g/mol. The number of anilines is 3. The number of nitrogen functional groups attached to an aromatic ring is 1. The summed E-state index contributed by atoms with van der Waals surface area (Å²) in [5, 5.41) is 2.79. The Labute approximate surface area is 123 Å². The number of hydrogen-bond acceptors (Lipinski definition) is 7. The lowest BCUT2D eigenvalue weighted by Gasteiger charge is -2.10. The van der Waals surface area contributed by atoms with Crippen LogP contribution in [0.4, 0.5) is 30.8 Å². The largest absolute Gasteiger partial charge is 0.454 e. The molecule has 7 nitrogen and oxygen atoms in total. The quantitative estimate of drug-likeness (QED) is 0.768. The van der Waals surface area contributed by atoms with Crippen LogP contribution in [0.3, 0.4) is 0 Å². The molecular formula is C12H13F3N6O. The van der Waals surface area contributed by atoms with Gasteiger partial charge in [-0.15, -0.1) is 0 Å². The van der Waals surface area contributed by atoms with Gasteiger partial charge in [0, 0.05) is 12.2 Å². The molecule has 118 valence electrons. The molecule has 0 radical (unpaired) electrons. The molecule has 0 aliphatic rings. The summed E-state index contributed by atoms with van der Waals surface area (Å²) in [5.74, 6) is -0.279. The number of halogens is 3. The Morgan fingerprint density at radius 3 is 2.36 bits per heavy atom. The molecule has 0 bridgehead atoms. The number of rotatable bonds is 5. The lowest BCUT2D eigenvalue weighted by atomic mass is 10.2. The predicted octanol–water partition coefficient (Wildman–Crippen LogP) is 1.60. The zero-order valence-corrected chi connectivity index (χ0v) is 11.3. The molecule has 0 saturated carbocycles. The van der Waals surface area contributed by atoms with Gasteiger partial charge in [-0.2, -0.15) is 28.1 Å². The molecule has 5 N–H and O–H groups in total. The van der Waals surface area contributed by atoms with Crippen LogP contribution in [0, 0.1) is 0 Å². The Balaban J connectivity index is 2.11. The molecule has 1 heterocycles. The summed E-state index contributed by atoms with van der Waals surface area (Å²) in [4.78, 5) is 11.0. The molecular weight excluding hydrogens is 301 g/mol. The fourth-order valence-electron chi connectivity index (χ4n) is 1.49. The highest BCUT2D eigenvalue weighted by Gasteiger charge is 2.29. The Hall–Kier alpha value is -2.62. The maximum Gasteiger partial charge on any atom is 0.422 e. The molecule has 0 aliphatic carbocycles. The van der Waals surface area contributed by atoms with Gasteiger partial charge in [-0.3, -0.25) is 0 Å². The van der Waals surface area contributed by atoms with Gasteiger partial charge in [0.15, 0.2) is 6.61 Å². The van der Waals surface area contributed by atoms with Gasteiger partial charge in [-0.25, -0.2) is 0 Å². The average Bonchev–Trinajstić information content (AvgIpc) is 2.45. The molecule has 1 aromatic carbocycles. The zero-order valence-electron chi connectivity index (χ0n) is 11.3. The normalized spacial score (nSPS) is 11.3. The molecule has 0 atom stereocenters. The molecule has 1 aromatic heterocycles. The minimum Gasteiger partial charge on any atom is -0.454 e. The first-order valence-electron chi connectivity index (χ1n) is 6.13. The molecule has 0 aliphatic heterocycles. The van der Waals surface area contributed by atoms with Crippen molar-refractivity contribution in [1.82, 2.24) is 15.0 Å². The number of nitrogens with zero attached hydrogens (tertiary/aromatic N) is 3. The Morgan fingerprint density at radius 2 is 1.77 bits per heavy atom. The van der Waals surface area contributed by atoms with E-state index in [9.17, 15) is 13.2 Å². The van der Waals surface area contributed by atoms with Gasteiger partial charge >= 0.3 is 12.2 Å². The van der Waals surface area contributed by atoms with E-state index in [1.54, 1.807) is 24.3 Å². The van der Waals surface area contributed by atoms with Crippen LogP contribution in [0.25, 0.3) is 0 Å². The summed E-state index contributed by atoms with van der Waals surface area (Å²) in [7, 11) is 0. The molecule has 2 rings (SSSR count). The lowest BCUT2D eigenvalue weighted by Crippen LogP contribution is -2.20. The number of aromatic nitrogens is 3.